The Labute approximate surface area is 121 Å². The van der Waals surface area contributed by atoms with Crippen molar-refractivity contribution in [1.82, 2.24) is 4.98 Å². The van der Waals surface area contributed by atoms with Crippen molar-refractivity contribution >= 4 is 17.4 Å². The molecule has 0 saturated heterocycles. The van der Waals surface area contributed by atoms with Crippen LogP contribution in [0.4, 0.5) is 0 Å². The number of hydrogen-bond acceptors (Lipinski definition) is 4. The third-order valence-electron chi connectivity index (χ3n) is 2.70. The standard InChI is InChI=1S/C15H11ClN2O2/c1-10(19)13-7-12(16)4-5-15(13)20-9-11-3-2-6-18-14(11)8-17/h2-7H,9H2,1H3. The molecule has 20 heavy (non-hydrogen) atoms. The first-order chi connectivity index (χ1) is 9.61. The lowest BCUT2D eigenvalue weighted by atomic mass is 10.1. The first kappa shape index (κ1) is 14.0. The van der Waals surface area contributed by atoms with Gasteiger partial charge in [-0.15, -0.1) is 0 Å². The van der Waals surface area contributed by atoms with E-state index in [-0.39, 0.29) is 12.4 Å². The number of halogens is 1. The Bertz CT molecular complexity index is 693. The summed E-state index contributed by atoms with van der Waals surface area (Å²) in [5.41, 5.74) is 1.39. The highest BCUT2D eigenvalue weighted by Gasteiger charge is 2.10. The molecule has 100 valence electrons. The number of benzene rings is 1. The number of nitrogens with zero attached hydrogens (tertiary/aromatic N) is 2. The lowest BCUT2D eigenvalue weighted by Crippen LogP contribution is -2.03. The fourth-order valence-electron chi connectivity index (χ4n) is 1.71. The first-order valence-corrected chi connectivity index (χ1v) is 6.27. The second-order valence-corrected chi connectivity index (χ2v) is 4.54. The average molecular weight is 287 g/mol. The van der Waals surface area contributed by atoms with E-state index in [1.54, 1.807) is 36.5 Å². The van der Waals surface area contributed by atoms with Crippen LogP contribution in [0.2, 0.25) is 5.02 Å². The van der Waals surface area contributed by atoms with E-state index in [4.69, 9.17) is 21.6 Å². The van der Waals surface area contributed by atoms with Crippen molar-refractivity contribution in [3.63, 3.8) is 0 Å². The van der Waals surface area contributed by atoms with E-state index in [9.17, 15) is 4.79 Å². The Morgan fingerprint density at radius 1 is 1.45 bits per heavy atom. The zero-order valence-corrected chi connectivity index (χ0v) is 11.5. The van der Waals surface area contributed by atoms with Gasteiger partial charge >= 0.3 is 0 Å². The van der Waals surface area contributed by atoms with Crippen LogP contribution in [0.1, 0.15) is 28.5 Å². The normalized spacial score (nSPS) is 9.85. The van der Waals surface area contributed by atoms with Crippen molar-refractivity contribution in [2.75, 3.05) is 0 Å². The van der Waals surface area contributed by atoms with Crippen molar-refractivity contribution in [3.8, 4) is 11.8 Å². The minimum Gasteiger partial charge on any atom is -0.488 e. The summed E-state index contributed by atoms with van der Waals surface area (Å²) in [6, 6.07) is 10.3. The van der Waals surface area contributed by atoms with Gasteiger partial charge in [-0.1, -0.05) is 17.7 Å². The molecule has 0 fully saturated rings. The molecule has 4 nitrogen and oxygen atoms in total. The molecule has 2 aromatic rings. The maximum atomic E-state index is 11.5. The zero-order chi connectivity index (χ0) is 14.5. The SMILES string of the molecule is CC(=O)c1cc(Cl)ccc1OCc1cccnc1C#N. The van der Waals surface area contributed by atoms with Gasteiger partial charge in [0, 0.05) is 16.8 Å². The van der Waals surface area contributed by atoms with Crippen LogP contribution in [-0.2, 0) is 6.61 Å². The maximum Gasteiger partial charge on any atom is 0.163 e. The van der Waals surface area contributed by atoms with Crippen molar-refractivity contribution in [3.05, 3.63) is 58.4 Å². The van der Waals surface area contributed by atoms with Gasteiger partial charge < -0.3 is 4.74 Å². The Morgan fingerprint density at radius 3 is 2.95 bits per heavy atom. The largest absolute Gasteiger partial charge is 0.488 e. The molecule has 0 spiro atoms. The number of hydrogen-bond donors (Lipinski definition) is 0. The van der Waals surface area contributed by atoms with Crippen molar-refractivity contribution in [1.29, 1.82) is 5.26 Å². The van der Waals surface area contributed by atoms with Crippen LogP contribution in [0.25, 0.3) is 0 Å². The number of carbonyl (C=O) groups excluding carboxylic acids is 1. The number of pyridine rings is 1. The topological polar surface area (TPSA) is 63.0 Å². The molecular formula is C15H11ClN2O2. The van der Waals surface area contributed by atoms with E-state index in [0.29, 0.717) is 27.6 Å². The number of carbonyl (C=O) groups is 1. The molecule has 5 heteroatoms. The summed E-state index contributed by atoms with van der Waals surface area (Å²) >= 11 is 5.86. The van der Waals surface area contributed by atoms with Gasteiger partial charge in [0.25, 0.3) is 0 Å². The lowest BCUT2D eigenvalue weighted by Gasteiger charge is -2.10. The van der Waals surface area contributed by atoms with Crippen LogP contribution in [0.3, 0.4) is 0 Å². The summed E-state index contributed by atoms with van der Waals surface area (Å²) in [6.45, 7) is 1.61. The van der Waals surface area contributed by atoms with Gasteiger partial charge in [0.05, 0.1) is 5.56 Å². The summed E-state index contributed by atoms with van der Waals surface area (Å²) in [6.07, 6.45) is 1.55. The van der Waals surface area contributed by atoms with E-state index in [2.05, 4.69) is 4.98 Å². The summed E-state index contributed by atoms with van der Waals surface area (Å²) in [5, 5.41) is 9.43. The van der Waals surface area contributed by atoms with Gasteiger partial charge in [-0.3, -0.25) is 4.79 Å². The molecular weight excluding hydrogens is 276 g/mol. The van der Waals surface area contributed by atoms with E-state index >= 15 is 0 Å². The van der Waals surface area contributed by atoms with Crippen LogP contribution >= 0.6 is 11.6 Å². The molecule has 0 radical (unpaired) electrons. The number of nitriles is 1. The van der Waals surface area contributed by atoms with E-state index in [1.165, 1.54) is 6.92 Å². The van der Waals surface area contributed by atoms with Crippen LogP contribution < -0.4 is 4.74 Å². The van der Waals surface area contributed by atoms with Crippen molar-refractivity contribution in [2.45, 2.75) is 13.5 Å². The Morgan fingerprint density at radius 2 is 2.25 bits per heavy atom. The Kier molecular flexibility index (Phi) is 4.34. The quantitative estimate of drug-likeness (QED) is 0.808. The van der Waals surface area contributed by atoms with Crippen LogP contribution in [-0.4, -0.2) is 10.8 Å². The lowest BCUT2D eigenvalue weighted by molar-refractivity contribution is 0.101. The van der Waals surface area contributed by atoms with Crippen LogP contribution in [0.5, 0.6) is 5.75 Å². The highest BCUT2D eigenvalue weighted by Crippen LogP contribution is 2.24. The molecule has 1 aromatic heterocycles. The average Bonchev–Trinajstić information content (AvgIpc) is 2.46. The van der Waals surface area contributed by atoms with E-state index in [0.717, 1.165) is 0 Å². The molecule has 2 rings (SSSR count). The second kappa shape index (κ2) is 6.18. The summed E-state index contributed by atoms with van der Waals surface area (Å²) in [5.74, 6) is 0.309. The third kappa shape index (κ3) is 3.14. The van der Waals surface area contributed by atoms with Crippen LogP contribution in [0, 0.1) is 11.3 Å². The third-order valence-corrected chi connectivity index (χ3v) is 2.94. The fourth-order valence-corrected chi connectivity index (χ4v) is 1.89. The predicted molar refractivity (Wildman–Crippen MR) is 74.7 cm³/mol. The molecule has 0 amide bonds. The highest BCUT2D eigenvalue weighted by molar-refractivity contribution is 6.31. The number of ketones is 1. The fraction of sp³-hybridized carbons (Fsp3) is 0.133. The van der Waals surface area contributed by atoms with Gasteiger partial charge in [0.2, 0.25) is 0 Å². The molecule has 0 aliphatic rings. The molecule has 0 atom stereocenters. The van der Waals surface area contributed by atoms with E-state index in [1.807, 2.05) is 6.07 Å². The maximum absolute atomic E-state index is 11.5. The monoisotopic (exact) mass is 286 g/mol. The number of Topliss-reactive ketones (excluding diaryl/α,β-unsaturated/α-hetero) is 1. The van der Waals surface area contributed by atoms with Gasteiger partial charge in [0.1, 0.15) is 24.1 Å². The number of aromatic nitrogens is 1. The minimum absolute atomic E-state index is 0.130. The summed E-state index contributed by atoms with van der Waals surface area (Å²) in [7, 11) is 0. The molecule has 1 heterocycles. The molecule has 0 bridgehead atoms. The second-order valence-electron chi connectivity index (χ2n) is 4.11. The highest BCUT2D eigenvalue weighted by atomic mass is 35.5. The zero-order valence-electron chi connectivity index (χ0n) is 10.8. The number of ether oxygens (including phenoxy) is 1. The summed E-state index contributed by atoms with van der Waals surface area (Å²) in [4.78, 5) is 15.5. The number of rotatable bonds is 4. The smallest absolute Gasteiger partial charge is 0.163 e. The summed E-state index contributed by atoms with van der Waals surface area (Å²) < 4.78 is 5.61. The molecule has 0 unspecified atom stereocenters. The first-order valence-electron chi connectivity index (χ1n) is 5.89. The molecule has 0 N–H and O–H groups in total. The van der Waals surface area contributed by atoms with Gasteiger partial charge in [-0.2, -0.15) is 5.26 Å². The Hall–Kier alpha value is -2.38. The van der Waals surface area contributed by atoms with Crippen LogP contribution in [0.15, 0.2) is 36.5 Å². The molecule has 0 aliphatic heterocycles. The predicted octanol–water partition coefficient (Wildman–Crippen LogP) is 3.39. The van der Waals surface area contributed by atoms with Crippen molar-refractivity contribution in [2.24, 2.45) is 0 Å². The molecule has 0 saturated carbocycles. The van der Waals surface area contributed by atoms with Crippen molar-refractivity contribution < 1.29 is 9.53 Å². The van der Waals surface area contributed by atoms with E-state index < -0.39 is 0 Å². The van der Waals surface area contributed by atoms with Gasteiger partial charge in [-0.25, -0.2) is 4.98 Å². The van der Waals surface area contributed by atoms with Gasteiger partial charge in [-0.05, 0) is 31.2 Å². The van der Waals surface area contributed by atoms with Gasteiger partial charge in [0.15, 0.2) is 5.78 Å². The minimum atomic E-state index is -0.130. The molecule has 0 aliphatic carbocycles. The molecule has 1 aromatic carbocycles. The Balaban J connectivity index is 2.24.